The van der Waals surface area contributed by atoms with Gasteiger partial charge in [-0.05, 0) is 96.1 Å². The van der Waals surface area contributed by atoms with Gasteiger partial charge < -0.3 is 30.2 Å². The molecule has 0 saturated carbocycles. The second-order valence-electron chi connectivity index (χ2n) is 11.2. The Labute approximate surface area is 274 Å². The minimum atomic E-state index is -0.524. The summed E-state index contributed by atoms with van der Waals surface area (Å²) in [4.78, 5) is 28.3. The fraction of sp³-hybridized carbons (Fsp3) is 0.278. The summed E-state index contributed by atoms with van der Waals surface area (Å²) in [6.45, 7) is 1.78. The van der Waals surface area contributed by atoms with Crippen LogP contribution in [0.15, 0.2) is 84.9 Å². The number of carbonyl (C=O) groups is 2. The molecule has 8 bridgehead atoms. The standard InChI is InChI=1S/C36H36FN3O5.ClH/c37-27-8-13-33(44-20-16-38)32(23-27)36(42)40-18-15-25-21-30-11-12-31(25)35(40)26-3-1-4-29(22-26)43-19-2-17-39-34(41)14-7-24-5-9-28(45-30)10-6-24;/h1,3-6,8-13,21-23,35H,2,7,14-20,38H2,(H,39,41);1H. The second kappa shape index (κ2) is 15.1. The SMILES string of the molecule is Cl.NCCOc1ccc(F)cc1C(=O)N1CCc2cc3ccc2C1c1cccc(c1)OCCCNC(=O)CCc1ccc(cc1)O3. The van der Waals surface area contributed by atoms with Crippen LogP contribution in [-0.4, -0.2) is 49.6 Å². The average Bonchev–Trinajstić information content (AvgIpc) is 3.06. The zero-order valence-electron chi connectivity index (χ0n) is 25.4. The van der Waals surface area contributed by atoms with Crippen molar-refractivity contribution >= 4 is 24.2 Å². The Bertz CT molecular complexity index is 1680. The number of benzene rings is 4. The van der Waals surface area contributed by atoms with E-state index in [4.69, 9.17) is 19.9 Å². The normalized spacial score (nSPS) is 16.3. The van der Waals surface area contributed by atoms with E-state index in [1.165, 1.54) is 18.2 Å². The molecule has 10 heteroatoms. The van der Waals surface area contributed by atoms with Crippen LogP contribution < -0.4 is 25.3 Å². The third-order valence-corrected chi connectivity index (χ3v) is 8.04. The molecule has 0 aliphatic carbocycles. The van der Waals surface area contributed by atoms with E-state index in [0.717, 1.165) is 22.3 Å². The van der Waals surface area contributed by atoms with Gasteiger partial charge in [0.25, 0.3) is 5.91 Å². The van der Waals surface area contributed by atoms with Crippen molar-refractivity contribution in [3.05, 3.63) is 119 Å². The molecule has 0 saturated heterocycles. The monoisotopic (exact) mass is 645 g/mol. The largest absolute Gasteiger partial charge is 0.494 e. The molecule has 8 nitrogen and oxygen atoms in total. The smallest absolute Gasteiger partial charge is 0.258 e. The number of amides is 2. The highest BCUT2D eigenvalue weighted by atomic mass is 35.5. The van der Waals surface area contributed by atoms with Crippen LogP contribution in [0.3, 0.4) is 0 Å². The zero-order chi connectivity index (χ0) is 31.2. The van der Waals surface area contributed by atoms with Gasteiger partial charge in [-0.1, -0.05) is 30.3 Å². The molecule has 0 aromatic heterocycles. The first-order chi connectivity index (χ1) is 22.0. The summed E-state index contributed by atoms with van der Waals surface area (Å²) in [7, 11) is 0. The highest BCUT2D eigenvalue weighted by Crippen LogP contribution is 2.40. The number of ether oxygens (including phenoxy) is 3. The van der Waals surface area contributed by atoms with Gasteiger partial charge in [0, 0.05) is 26.1 Å². The minimum Gasteiger partial charge on any atom is -0.494 e. The maximum absolute atomic E-state index is 14.5. The lowest BCUT2D eigenvalue weighted by molar-refractivity contribution is -0.121. The van der Waals surface area contributed by atoms with Crippen molar-refractivity contribution in [2.24, 2.45) is 5.73 Å². The lowest BCUT2D eigenvalue weighted by Crippen LogP contribution is -2.41. The summed E-state index contributed by atoms with van der Waals surface area (Å²) < 4.78 is 32.5. The highest BCUT2D eigenvalue weighted by molar-refractivity contribution is 5.97. The van der Waals surface area contributed by atoms with Crippen molar-refractivity contribution in [2.75, 3.05) is 32.8 Å². The van der Waals surface area contributed by atoms with E-state index in [9.17, 15) is 14.0 Å². The Morgan fingerprint density at radius 3 is 2.61 bits per heavy atom. The molecule has 5 aliphatic rings. The molecule has 2 amide bonds. The summed E-state index contributed by atoms with van der Waals surface area (Å²) in [5.41, 5.74) is 9.70. The molecule has 5 aliphatic heterocycles. The van der Waals surface area contributed by atoms with Crippen LogP contribution in [0.4, 0.5) is 4.39 Å². The van der Waals surface area contributed by atoms with Gasteiger partial charge in [-0.25, -0.2) is 4.39 Å². The number of hydrogen-bond donors (Lipinski definition) is 2. The molecule has 9 rings (SSSR count). The van der Waals surface area contributed by atoms with E-state index in [-0.39, 0.29) is 42.9 Å². The molecule has 1 unspecified atom stereocenters. The third-order valence-electron chi connectivity index (χ3n) is 8.04. The maximum Gasteiger partial charge on any atom is 0.258 e. The minimum absolute atomic E-state index is 0. The Balaban J connectivity index is 0.00000417. The van der Waals surface area contributed by atoms with E-state index < -0.39 is 11.9 Å². The number of rotatable bonds is 4. The van der Waals surface area contributed by atoms with Gasteiger partial charge in [-0.2, -0.15) is 0 Å². The molecule has 0 radical (unpaired) electrons. The van der Waals surface area contributed by atoms with Gasteiger partial charge in [0.1, 0.15) is 35.4 Å². The number of halogens is 2. The second-order valence-corrected chi connectivity index (χ2v) is 11.2. The lowest BCUT2D eigenvalue weighted by Gasteiger charge is -2.38. The molecular formula is C36H37ClFN3O5. The van der Waals surface area contributed by atoms with Gasteiger partial charge in [-0.3, -0.25) is 9.59 Å². The van der Waals surface area contributed by atoms with Crippen LogP contribution >= 0.6 is 12.4 Å². The van der Waals surface area contributed by atoms with E-state index in [1.54, 1.807) is 4.90 Å². The van der Waals surface area contributed by atoms with Crippen LogP contribution in [0.1, 0.15) is 51.5 Å². The molecule has 0 fully saturated rings. The van der Waals surface area contributed by atoms with Gasteiger partial charge in [0.05, 0.1) is 18.2 Å². The van der Waals surface area contributed by atoms with Crippen molar-refractivity contribution in [3.63, 3.8) is 0 Å². The lowest BCUT2D eigenvalue weighted by atomic mass is 9.87. The number of nitrogens with zero attached hydrogens (tertiary/aromatic N) is 1. The third kappa shape index (κ3) is 7.61. The average molecular weight is 646 g/mol. The Kier molecular flexibility index (Phi) is 10.8. The van der Waals surface area contributed by atoms with Crippen molar-refractivity contribution < 1.29 is 28.2 Å². The molecular weight excluding hydrogens is 609 g/mol. The molecule has 3 N–H and O–H groups in total. The van der Waals surface area contributed by atoms with E-state index in [2.05, 4.69) is 5.32 Å². The van der Waals surface area contributed by atoms with Crippen LogP contribution in [-0.2, 0) is 17.6 Å². The van der Waals surface area contributed by atoms with Crippen LogP contribution in [0.5, 0.6) is 23.0 Å². The van der Waals surface area contributed by atoms with Crippen molar-refractivity contribution in [3.8, 4) is 23.0 Å². The predicted octanol–water partition coefficient (Wildman–Crippen LogP) is 6.00. The number of hydrogen-bond acceptors (Lipinski definition) is 6. The fourth-order valence-electron chi connectivity index (χ4n) is 5.83. The van der Waals surface area contributed by atoms with Gasteiger partial charge in [-0.15, -0.1) is 12.4 Å². The number of carbonyl (C=O) groups excluding carboxylic acids is 2. The molecule has 1 atom stereocenters. The number of aryl methyl sites for hydroxylation is 1. The first-order valence-corrected chi connectivity index (χ1v) is 15.3. The summed E-state index contributed by atoms with van der Waals surface area (Å²) >= 11 is 0. The Morgan fingerprint density at radius 1 is 0.957 bits per heavy atom. The first kappa shape index (κ1) is 32.8. The van der Waals surface area contributed by atoms with E-state index >= 15 is 0 Å². The molecule has 0 spiro atoms. The molecule has 4 aromatic rings. The molecule has 5 heterocycles. The van der Waals surface area contributed by atoms with Gasteiger partial charge in [0.15, 0.2) is 0 Å². The van der Waals surface area contributed by atoms with Crippen molar-refractivity contribution in [1.29, 1.82) is 0 Å². The van der Waals surface area contributed by atoms with Crippen molar-refractivity contribution in [2.45, 2.75) is 31.7 Å². The van der Waals surface area contributed by atoms with Crippen LogP contribution in [0, 0.1) is 5.82 Å². The molecule has 46 heavy (non-hydrogen) atoms. The summed E-state index contributed by atoms with van der Waals surface area (Å²) in [6, 6.07) is 24.8. The maximum atomic E-state index is 14.5. The van der Waals surface area contributed by atoms with Gasteiger partial charge >= 0.3 is 0 Å². The molecule has 4 aromatic carbocycles. The summed E-state index contributed by atoms with van der Waals surface area (Å²) in [5.74, 6) is 1.46. The zero-order valence-corrected chi connectivity index (χ0v) is 26.2. The van der Waals surface area contributed by atoms with Crippen molar-refractivity contribution in [1.82, 2.24) is 10.2 Å². The highest BCUT2D eigenvalue weighted by Gasteiger charge is 2.34. The summed E-state index contributed by atoms with van der Waals surface area (Å²) in [5, 5.41) is 2.96. The number of nitrogens with one attached hydrogen (secondary N) is 1. The first-order valence-electron chi connectivity index (χ1n) is 15.3. The predicted molar refractivity (Wildman–Crippen MR) is 176 cm³/mol. The quantitative estimate of drug-likeness (QED) is 0.282. The molecule has 240 valence electrons. The van der Waals surface area contributed by atoms with Crippen LogP contribution in [0.2, 0.25) is 0 Å². The Morgan fingerprint density at radius 2 is 1.78 bits per heavy atom. The fourth-order valence-corrected chi connectivity index (χ4v) is 5.83. The topological polar surface area (TPSA) is 103 Å². The Hall–Kier alpha value is -4.60. The van der Waals surface area contributed by atoms with E-state index in [1.807, 2.05) is 66.7 Å². The summed E-state index contributed by atoms with van der Waals surface area (Å²) in [6.07, 6.45) is 2.27. The van der Waals surface area contributed by atoms with Gasteiger partial charge in [0.2, 0.25) is 5.91 Å². The number of nitrogens with two attached hydrogens (primary N) is 1. The van der Waals surface area contributed by atoms with E-state index in [0.29, 0.717) is 68.4 Å². The van der Waals surface area contributed by atoms with Crippen LogP contribution in [0.25, 0.3) is 0 Å².